The third kappa shape index (κ3) is 2.94. The Labute approximate surface area is 103 Å². The molecule has 17 heavy (non-hydrogen) atoms. The van der Waals surface area contributed by atoms with Crippen molar-refractivity contribution in [1.29, 1.82) is 0 Å². The molecule has 1 fully saturated rings. The number of aromatic nitrogens is 2. The fraction of sp³-hybridized carbons (Fsp3) is 0.692. The second kappa shape index (κ2) is 5.45. The van der Waals surface area contributed by atoms with E-state index in [0.717, 1.165) is 30.3 Å². The highest BCUT2D eigenvalue weighted by molar-refractivity contribution is 5.33. The van der Waals surface area contributed by atoms with Gasteiger partial charge in [-0.2, -0.15) is 0 Å². The van der Waals surface area contributed by atoms with Crippen molar-refractivity contribution >= 4 is 5.95 Å². The summed E-state index contributed by atoms with van der Waals surface area (Å²) >= 11 is 0. The SMILES string of the molecule is Cc1nc(N2CCCCCC2)ncc1C(C)N. The van der Waals surface area contributed by atoms with E-state index in [1.54, 1.807) is 0 Å². The Bertz CT molecular complexity index is 368. The summed E-state index contributed by atoms with van der Waals surface area (Å²) in [6, 6.07) is 0.00758. The highest BCUT2D eigenvalue weighted by Crippen LogP contribution is 2.18. The van der Waals surface area contributed by atoms with E-state index < -0.39 is 0 Å². The largest absolute Gasteiger partial charge is 0.341 e. The van der Waals surface area contributed by atoms with E-state index in [1.165, 1.54) is 25.7 Å². The van der Waals surface area contributed by atoms with Crippen LogP contribution < -0.4 is 10.6 Å². The van der Waals surface area contributed by atoms with Gasteiger partial charge in [0.05, 0.1) is 0 Å². The van der Waals surface area contributed by atoms with Gasteiger partial charge in [0.15, 0.2) is 0 Å². The van der Waals surface area contributed by atoms with E-state index in [-0.39, 0.29) is 6.04 Å². The van der Waals surface area contributed by atoms with Crippen molar-refractivity contribution in [1.82, 2.24) is 9.97 Å². The van der Waals surface area contributed by atoms with Gasteiger partial charge in [-0.25, -0.2) is 9.97 Å². The minimum atomic E-state index is 0.00758. The smallest absolute Gasteiger partial charge is 0.225 e. The molecule has 0 amide bonds. The van der Waals surface area contributed by atoms with Gasteiger partial charge < -0.3 is 10.6 Å². The van der Waals surface area contributed by atoms with Crippen LogP contribution in [0.1, 0.15) is 49.9 Å². The molecule has 1 saturated heterocycles. The van der Waals surface area contributed by atoms with Crippen LogP contribution in [0.25, 0.3) is 0 Å². The number of anilines is 1. The summed E-state index contributed by atoms with van der Waals surface area (Å²) in [6.45, 7) is 6.15. The number of aryl methyl sites for hydroxylation is 1. The van der Waals surface area contributed by atoms with E-state index in [9.17, 15) is 0 Å². The Hall–Kier alpha value is -1.16. The summed E-state index contributed by atoms with van der Waals surface area (Å²) in [5, 5.41) is 0. The van der Waals surface area contributed by atoms with Crippen molar-refractivity contribution in [3.8, 4) is 0 Å². The lowest BCUT2D eigenvalue weighted by Crippen LogP contribution is -2.26. The second-order valence-corrected chi connectivity index (χ2v) is 4.90. The minimum absolute atomic E-state index is 0.00758. The van der Waals surface area contributed by atoms with Crippen molar-refractivity contribution in [2.45, 2.75) is 45.6 Å². The zero-order valence-electron chi connectivity index (χ0n) is 10.8. The monoisotopic (exact) mass is 234 g/mol. The van der Waals surface area contributed by atoms with Crippen LogP contribution in [0.4, 0.5) is 5.95 Å². The lowest BCUT2D eigenvalue weighted by molar-refractivity contribution is 0.726. The first-order valence-electron chi connectivity index (χ1n) is 6.52. The first kappa shape index (κ1) is 12.3. The maximum Gasteiger partial charge on any atom is 0.225 e. The van der Waals surface area contributed by atoms with Crippen molar-refractivity contribution in [3.63, 3.8) is 0 Å². The van der Waals surface area contributed by atoms with E-state index in [4.69, 9.17) is 5.73 Å². The van der Waals surface area contributed by atoms with Gasteiger partial charge in [-0.1, -0.05) is 12.8 Å². The lowest BCUT2D eigenvalue weighted by Gasteiger charge is -2.21. The fourth-order valence-corrected chi connectivity index (χ4v) is 2.33. The van der Waals surface area contributed by atoms with Gasteiger partial charge in [-0.05, 0) is 26.7 Å². The van der Waals surface area contributed by atoms with Crippen molar-refractivity contribution in [2.24, 2.45) is 5.73 Å². The normalized spacial score (nSPS) is 18.9. The van der Waals surface area contributed by atoms with Gasteiger partial charge in [-0.15, -0.1) is 0 Å². The zero-order chi connectivity index (χ0) is 12.3. The van der Waals surface area contributed by atoms with Gasteiger partial charge in [0.25, 0.3) is 0 Å². The van der Waals surface area contributed by atoms with Crippen LogP contribution in [-0.2, 0) is 0 Å². The number of nitrogens with two attached hydrogens (primary N) is 1. The zero-order valence-corrected chi connectivity index (χ0v) is 10.8. The summed E-state index contributed by atoms with van der Waals surface area (Å²) in [5.41, 5.74) is 7.93. The molecule has 2 rings (SSSR count). The molecule has 94 valence electrons. The molecule has 1 aliphatic heterocycles. The quantitative estimate of drug-likeness (QED) is 0.852. The van der Waals surface area contributed by atoms with Gasteiger partial charge in [0.1, 0.15) is 0 Å². The van der Waals surface area contributed by atoms with Gasteiger partial charge in [0.2, 0.25) is 5.95 Å². The standard InChI is InChI=1S/C13H22N4/c1-10(14)12-9-15-13(16-11(12)2)17-7-5-3-4-6-8-17/h9-10H,3-8,14H2,1-2H3. The first-order valence-corrected chi connectivity index (χ1v) is 6.52. The molecule has 1 aromatic rings. The predicted molar refractivity (Wildman–Crippen MR) is 70.1 cm³/mol. The average molecular weight is 234 g/mol. The maximum absolute atomic E-state index is 5.87. The summed E-state index contributed by atoms with van der Waals surface area (Å²) in [6.07, 6.45) is 7.03. The number of hydrogen-bond donors (Lipinski definition) is 1. The Kier molecular flexibility index (Phi) is 3.94. The molecule has 4 heteroatoms. The van der Waals surface area contributed by atoms with Crippen LogP contribution in [0.15, 0.2) is 6.20 Å². The first-order chi connectivity index (χ1) is 8.18. The van der Waals surface area contributed by atoms with Crippen molar-refractivity contribution in [2.75, 3.05) is 18.0 Å². The Morgan fingerprint density at radius 1 is 1.24 bits per heavy atom. The van der Waals surface area contributed by atoms with Crippen LogP contribution in [-0.4, -0.2) is 23.1 Å². The molecule has 0 bridgehead atoms. The molecule has 0 aromatic carbocycles. The number of rotatable bonds is 2. The van der Waals surface area contributed by atoms with Gasteiger partial charge in [0, 0.05) is 36.6 Å². The summed E-state index contributed by atoms with van der Waals surface area (Å²) in [7, 11) is 0. The molecule has 2 heterocycles. The summed E-state index contributed by atoms with van der Waals surface area (Å²) < 4.78 is 0. The topological polar surface area (TPSA) is 55.0 Å². The molecule has 1 unspecified atom stereocenters. The Balaban J connectivity index is 2.18. The number of hydrogen-bond acceptors (Lipinski definition) is 4. The van der Waals surface area contributed by atoms with Crippen LogP contribution >= 0.6 is 0 Å². The van der Waals surface area contributed by atoms with Gasteiger partial charge in [-0.3, -0.25) is 0 Å². The van der Waals surface area contributed by atoms with E-state index >= 15 is 0 Å². The third-order valence-corrected chi connectivity index (χ3v) is 3.38. The Morgan fingerprint density at radius 2 is 1.88 bits per heavy atom. The molecule has 1 atom stereocenters. The van der Waals surface area contributed by atoms with Crippen molar-refractivity contribution in [3.05, 3.63) is 17.5 Å². The highest BCUT2D eigenvalue weighted by Gasteiger charge is 2.14. The third-order valence-electron chi connectivity index (χ3n) is 3.38. The lowest BCUT2D eigenvalue weighted by atomic mass is 10.1. The predicted octanol–water partition coefficient (Wildman–Crippen LogP) is 2.19. The highest BCUT2D eigenvalue weighted by atomic mass is 15.2. The molecule has 1 aromatic heterocycles. The molecule has 4 nitrogen and oxygen atoms in total. The molecule has 0 spiro atoms. The summed E-state index contributed by atoms with van der Waals surface area (Å²) in [4.78, 5) is 11.4. The van der Waals surface area contributed by atoms with Crippen LogP contribution in [0, 0.1) is 6.92 Å². The molecule has 2 N–H and O–H groups in total. The van der Waals surface area contributed by atoms with E-state index in [2.05, 4.69) is 14.9 Å². The van der Waals surface area contributed by atoms with Gasteiger partial charge >= 0.3 is 0 Å². The molecule has 0 aliphatic carbocycles. The molecule has 0 saturated carbocycles. The number of nitrogens with zero attached hydrogens (tertiary/aromatic N) is 3. The molecule has 1 aliphatic rings. The van der Waals surface area contributed by atoms with Crippen LogP contribution in [0.3, 0.4) is 0 Å². The molecular formula is C13H22N4. The molecular weight excluding hydrogens is 212 g/mol. The minimum Gasteiger partial charge on any atom is -0.341 e. The van der Waals surface area contributed by atoms with Crippen LogP contribution in [0.5, 0.6) is 0 Å². The van der Waals surface area contributed by atoms with Crippen molar-refractivity contribution < 1.29 is 0 Å². The summed E-state index contributed by atoms with van der Waals surface area (Å²) in [5.74, 6) is 0.869. The Morgan fingerprint density at radius 3 is 2.41 bits per heavy atom. The fourth-order valence-electron chi connectivity index (χ4n) is 2.33. The molecule has 0 radical (unpaired) electrons. The van der Waals surface area contributed by atoms with E-state index in [1.807, 2.05) is 20.0 Å². The average Bonchev–Trinajstić information content (AvgIpc) is 2.56. The van der Waals surface area contributed by atoms with Crippen LogP contribution in [0.2, 0.25) is 0 Å². The van der Waals surface area contributed by atoms with E-state index in [0.29, 0.717) is 0 Å². The second-order valence-electron chi connectivity index (χ2n) is 4.90. The maximum atomic E-state index is 5.87.